The quantitative estimate of drug-likeness (QED) is 0.636. The molecule has 0 amide bonds. The minimum absolute atomic E-state index is 1.05. The molecular weight excluding hydrogens is 184 g/mol. The number of hydrogen-bond donors (Lipinski definition) is 0. The molecule has 0 fully saturated rings. The molecule has 1 aromatic rings. The molecule has 2 aliphatic rings. The molecule has 0 spiro atoms. The Kier molecular flexibility index (Phi) is 2.01. The second-order valence-electron chi connectivity index (χ2n) is 4.46. The van der Waals surface area contributed by atoms with Gasteiger partial charge in [-0.05, 0) is 55.7 Å². The number of aliphatic imine (C=N–C) groups is 1. The van der Waals surface area contributed by atoms with E-state index in [2.05, 4.69) is 28.7 Å². The lowest BCUT2D eigenvalue weighted by Crippen LogP contribution is -2.34. The van der Waals surface area contributed by atoms with Crippen LogP contribution in [0.2, 0.25) is 0 Å². The Labute approximate surface area is 90.6 Å². The number of anilines is 1. The van der Waals surface area contributed by atoms with Crippen molar-refractivity contribution in [3.63, 3.8) is 0 Å². The summed E-state index contributed by atoms with van der Waals surface area (Å²) in [7, 11) is 0. The molecular formula is C13H16N2. The summed E-state index contributed by atoms with van der Waals surface area (Å²) in [5.74, 6) is 0. The van der Waals surface area contributed by atoms with Crippen LogP contribution in [0.3, 0.4) is 0 Å². The van der Waals surface area contributed by atoms with Crippen molar-refractivity contribution in [1.82, 2.24) is 0 Å². The van der Waals surface area contributed by atoms with E-state index in [1.54, 1.807) is 0 Å². The summed E-state index contributed by atoms with van der Waals surface area (Å²) in [5, 5.41) is 0. The maximum absolute atomic E-state index is 4.07. The number of benzene rings is 1. The van der Waals surface area contributed by atoms with Crippen molar-refractivity contribution in [3.8, 4) is 0 Å². The average Bonchev–Trinajstić information content (AvgIpc) is 2.29. The molecule has 0 bridgehead atoms. The summed E-state index contributed by atoms with van der Waals surface area (Å²) >= 11 is 0. The lowest BCUT2D eigenvalue weighted by molar-refractivity contribution is 0.634. The zero-order valence-electron chi connectivity index (χ0n) is 9.00. The van der Waals surface area contributed by atoms with E-state index in [0.29, 0.717) is 0 Å². The third-order valence-electron chi connectivity index (χ3n) is 3.50. The fourth-order valence-electron chi connectivity index (χ4n) is 2.88. The van der Waals surface area contributed by atoms with Crippen molar-refractivity contribution in [2.45, 2.75) is 25.7 Å². The van der Waals surface area contributed by atoms with Crippen LogP contribution in [0, 0.1) is 0 Å². The van der Waals surface area contributed by atoms with Crippen molar-refractivity contribution in [2.75, 3.05) is 18.0 Å². The molecule has 2 aliphatic heterocycles. The van der Waals surface area contributed by atoms with E-state index < -0.39 is 0 Å². The average molecular weight is 200 g/mol. The van der Waals surface area contributed by atoms with Crippen LogP contribution in [-0.4, -0.2) is 19.8 Å². The molecule has 0 saturated heterocycles. The first kappa shape index (κ1) is 8.96. The van der Waals surface area contributed by atoms with Crippen LogP contribution < -0.4 is 4.90 Å². The van der Waals surface area contributed by atoms with Crippen molar-refractivity contribution in [1.29, 1.82) is 0 Å². The van der Waals surface area contributed by atoms with Gasteiger partial charge in [0.25, 0.3) is 0 Å². The molecule has 0 aromatic heterocycles. The minimum atomic E-state index is 1.05. The Balaban J connectivity index is 2.19. The van der Waals surface area contributed by atoms with Gasteiger partial charge in [-0.15, -0.1) is 0 Å². The Hall–Kier alpha value is -1.31. The van der Waals surface area contributed by atoms with E-state index in [1.807, 2.05) is 0 Å². The van der Waals surface area contributed by atoms with E-state index >= 15 is 0 Å². The topological polar surface area (TPSA) is 15.6 Å². The smallest absolute Gasteiger partial charge is 0.0629 e. The van der Waals surface area contributed by atoms with Gasteiger partial charge in [-0.2, -0.15) is 0 Å². The van der Waals surface area contributed by atoms with Gasteiger partial charge >= 0.3 is 0 Å². The SMILES string of the molecule is C=Nc1cc2c3c(c1)CCCN3CCC2. The first-order valence-electron chi connectivity index (χ1n) is 5.76. The van der Waals surface area contributed by atoms with Gasteiger partial charge in [0.1, 0.15) is 0 Å². The molecule has 0 atom stereocenters. The van der Waals surface area contributed by atoms with E-state index in [-0.39, 0.29) is 0 Å². The lowest BCUT2D eigenvalue weighted by Gasteiger charge is -2.37. The van der Waals surface area contributed by atoms with Gasteiger partial charge in [0.05, 0.1) is 5.69 Å². The maximum atomic E-state index is 4.07. The molecule has 2 heteroatoms. The normalized spacial score (nSPS) is 18.5. The Morgan fingerprint density at radius 2 is 1.67 bits per heavy atom. The zero-order valence-corrected chi connectivity index (χ0v) is 9.00. The Morgan fingerprint density at radius 3 is 2.20 bits per heavy atom. The summed E-state index contributed by atoms with van der Waals surface area (Å²) in [4.78, 5) is 6.61. The number of nitrogens with zero attached hydrogens (tertiary/aromatic N) is 2. The first-order valence-corrected chi connectivity index (χ1v) is 5.76. The second kappa shape index (κ2) is 3.37. The zero-order chi connectivity index (χ0) is 10.3. The molecule has 2 heterocycles. The Morgan fingerprint density at radius 1 is 1.07 bits per heavy atom. The maximum Gasteiger partial charge on any atom is 0.0629 e. The summed E-state index contributed by atoms with van der Waals surface area (Å²) in [6.45, 7) is 6.10. The van der Waals surface area contributed by atoms with Gasteiger partial charge in [-0.1, -0.05) is 0 Å². The highest BCUT2D eigenvalue weighted by molar-refractivity contribution is 5.68. The van der Waals surface area contributed by atoms with E-state index in [0.717, 1.165) is 5.69 Å². The third kappa shape index (κ3) is 1.36. The fourth-order valence-corrected chi connectivity index (χ4v) is 2.88. The van der Waals surface area contributed by atoms with Gasteiger partial charge in [-0.25, -0.2) is 0 Å². The van der Waals surface area contributed by atoms with Crippen LogP contribution in [0.25, 0.3) is 0 Å². The summed E-state index contributed by atoms with van der Waals surface area (Å²) < 4.78 is 0. The molecule has 2 nitrogen and oxygen atoms in total. The molecule has 3 rings (SSSR count). The van der Waals surface area contributed by atoms with Gasteiger partial charge in [0.15, 0.2) is 0 Å². The third-order valence-corrected chi connectivity index (χ3v) is 3.50. The Bertz CT molecular complexity index is 378. The lowest BCUT2D eigenvalue weighted by atomic mass is 9.91. The van der Waals surface area contributed by atoms with Crippen LogP contribution in [-0.2, 0) is 12.8 Å². The first-order chi connectivity index (χ1) is 7.38. The number of aryl methyl sites for hydroxylation is 2. The fraction of sp³-hybridized carbons (Fsp3) is 0.462. The number of hydrogen-bond acceptors (Lipinski definition) is 2. The second-order valence-corrected chi connectivity index (χ2v) is 4.46. The van der Waals surface area contributed by atoms with Gasteiger partial charge in [0.2, 0.25) is 0 Å². The number of rotatable bonds is 1. The molecule has 1 aromatic carbocycles. The molecule has 0 aliphatic carbocycles. The molecule has 0 unspecified atom stereocenters. The van der Waals surface area contributed by atoms with Crippen LogP contribution in [0.5, 0.6) is 0 Å². The highest BCUT2D eigenvalue weighted by Crippen LogP contribution is 2.37. The molecule has 0 radical (unpaired) electrons. The van der Waals surface area contributed by atoms with Crippen LogP contribution in [0.1, 0.15) is 24.0 Å². The van der Waals surface area contributed by atoms with E-state index in [4.69, 9.17) is 0 Å². The minimum Gasteiger partial charge on any atom is -0.371 e. The molecule has 78 valence electrons. The van der Waals surface area contributed by atoms with Gasteiger partial charge < -0.3 is 4.90 Å². The molecule has 0 saturated carbocycles. The van der Waals surface area contributed by atoms with Crippen molar-refractivity contribution in [3.05, 3.63) is 23.3 Å². The van der Waals surface area contributed by atoms with Crippen molar-refractivity contribution < 1.29 is 0 Å². The highest BCUT2D eigenvalue weighted by atomic mass is 15.1. The van der Waals surface area contributed by atoms with Crippen LogP contribution >= 0.6 is 0 Å². The van der Waals surface area contributed by atoms with Crippen LogP contribution in [0.15, 0.2) is 17.1 Å². The molecule has 15 heavy (non-hydrogen) atoms. The highest BCUT2D eigenvalue weighted by Gasteiger charge is 2.23. The predicted octanol–water partition coefficient (Wildman–Crippen LogP) is 2.72. The summed E-state index contributed by atoms with van der Waals surface area (Å²) in [5.41, 5.74) is 5.54. The van der Waals surface area contributed by atoms with Gasteiger partial charge in [-0.3, -0.25) is 4.99 Å². The van der Waals surface area contributed by atoms with Gasteiger partial charge in [0, 0.05) is 18.8 Å². The standard InChI is InChI=1S/C13H16N2/c1-14-12-8-10-4-2-6-15-7-3-5-11(9-12)13(10)15/h8-9H,1-7H2. The largest absolute Gasteiger partial charge is 0.371 e. The summed E-state index contributed by atoms with van der Waals surface area (Å²) in [6, 6.07) is 4.42. The molecule has 0 N–H and O–H groups in total. The van der Waals surface area contributed by atoms with E-state index in [1.165, 1.54) is 55.6 Å². The monoisotopic (exact) mass is 200 g/mol. The van der Waals surface area contributed by atoms with Crippen molar-refractivity contribution >= 4 is 18.1 Å². The summed E-state index contributed by atoms with van der Waals surface area (Å²) in [6.07, 6.45) is 4.99. The predicted molar refractivity (Wildman–Crippen MR) is 64.5 cm³/mol. The van der Waals surface area contributed by atoms with Crippen molar-refractivity contribution in [2.24, 2.45) is 4.99 Å². The van der Waals surface area contributed by atoms with Crippen LogP contribution in [0.4, 0.5) is 11.4 Å². The van der Waals surface area contributed by atoms with E-state index in [9.17, 15) is 0 Å².